The molecule has 1 aliphatic rings. The van der Waals surface area contributed by atoms with Crippen LogP contribution in [-0.2, 0) is 4.74 Å². The Morgan fingerprint density at radius 3 is 2.55 bits per heavy atom. The molecule has 1 saturated carbocycles. The minimum Gasteiger partial charge on any atom is -0.490 e. The first-order valence-corrected chi connectivity index (χ1v) is 10.2. The summed E-state index contributed by atoms with van der Waals surface area (Å²) >= 11 is 0. The summed E-state index contributed by atoms with van der Waals surface area (Å²) in [5.74, 6) is 0.467. The molecule has 1 N–H and O–H groups in total. The Morgan fingerprint density at radius 1 is 1.00 bits per heavy atom. The van der Waals surface area contributed by atoms with Gasteiger partial charge in [-0.25, -0.2) is 4.79 Å². The van der Waals surface area contributed by atoms with E-state index in [1.807, 2.05) is 12.1 Å². The zero-order valence-corrected chi connectivity index (χ0v) is 16.9. The number of methoxy groups -OCH3 is 1. The summed E-state index contributed by atoms with van der Waals surface area (Å²) < 4.78 is 10.9. The van der Waals surface area contributed by atoms with Gasteiger partial charge < -0.3 is 14.8 Å². The predicted molar refractivity (Wildman–Crippen MR) is 115 cm³/mol. The van der Waals surface area contributed by atoms with Crippen LogP contribution in [0, 0.1) is 0 Å². The molecule has 3 atom stereocenters. The topological polar surface area (TPSA) is 47.6 Å². The fraction of sp³-hybridized carbons (Fsp3) is 0.320. The van der Waals surface area contributed by atoms with Crippen LogP contribution in [0.4, 0.5) is 0 Å². The molecule has 0 amide bonds. The SMILES string of the molecule is COC(=O)c1ccc(OC2CCC(NC(C)c3cccc4ccccc34)C2)cc1. The minimum absolute atomic E-state index is 0.191. The Hall–Kier alpha value is -2.85. The second kappa shape index (κ2) is 8.66. The smallest absolute Gasteiger partial charge is 0.337 e. The van der Waals surface area contributed by atoms with Gasteiger partial charge in [0.15, 0.2) is 0 Å². The molecule has 4 nitrogen and oxygen atoms in total. The van der Waals surface area contributed by atoms with Crippen LogP contribution in [0.1, 0.15) is 48.1 Å². The zero-order valence-electron chi connectivity index (χ0n) is 16.9. The maximum absolute atomic E-state index is 11.5. The summed E-state index contributed by atoms with van der Waals surface area (Å²) in [6, 6.07) is 22.9. The third-order valence-electron chi connectivity index (χ3n) is 5.74. The van der Waals surface area contributed by atoms with Crippen LogP contribution in [0.25, 0.3) is 10.8 Å². The van der Waals surface area contributed by atoms with E-state index in [1.54, 1.807) is 12.1 Å². The highest BCUT2D eigenvalue weighted by atomic mass is 16.5. The molecule has 3 unspecified atom stereocenters. The van der Waals surface area contributed by atoms with Gasteiger partial charge in [0.1, 0.15) is 11.9 Å². The average molecular weight is 389 g/mol. The number of fused-ring (bicyclic) bond motifs is 1. The number of ether oxygens (including phenoxy) is 2. The van der Waals surface area contributed by atoms with Crippen molar-refractivity contribution in [1.29, 1.82) is 0 Å². The molecule has 0 aromatic heterocycles. The number of benzene rings is 3. The summed E-state index contributed by atoms with van der Waals surface area (Å²) in [6.07, 6.45) is 3.29. The molecule has 0 radical (unpaired) electrons. The lowest BCUT2D eigenvalue weighted by Crippen LogP contribution is -2.30. The van der Waals surface area contributed by atoms with Crippen LogP contribution in [0.3, 0.4) is 0 Å². The van der Waals surface area contributed by atoms with Crippen molar-refractivity contribution in [3.05, 3.63) is 77.9 Å². The molecular weight excluding hydrogens is 362 g/mol. The number of carbonyl (C=O) groups is 1. The number of hydrogen-bond donors (Lipinski definition) is 1. The molecule has 1 fully saturated rings. The summed E-state index contributed by atoms with van der Waals surface area (Å²) in [6.45, 7) is 2.24. The number of nitrogens with one attached hydrogen (secondary N) is 1. The summed E-state index contributed by atoms with van der Waals surface area (Å²) in [5, 5.41) is 6.38. The van der Waals surface area contributed by atoms with Crippen molar-refractivity contribution in [3.8, 4) is 5.75 Å². The fourth-order valence-corrected chi connectivity index (χ4v) is 4.25. The van der Waals surface area contributed by atoms with Crippen molar-refractivity contribution in [2.75, 3.05) is 7.11 Å². The lowest BCUT2D eigenvalue weighted by atomic mass is 9.99. The lowest BCUT2D eigenvalue weighted by molar-refractivity contribution is 0.0600. The van der Waals surface area contributed by atoms with Gasteiger partial charge in [0, 0.05) is 12.1 Å². The first-order valence-electron chi connectivity index (χ1n) is 10.2. The third-order valence-corrected chi connectivity index (χ3v) is 5.74. The van der Waals surface area contributed by atoms with E-state index in [4.69, 9.17) is 9.47 Å². The van der Waals surface area contributed by atoms with Crippen LogP contribution in [0.2, 0.25) is 0 Å². The van der Waals surface area contributed by atoms with Crippen molar-refractivity contribution in [2.45, 2.75) is 44.4 Å². The van der Waals surface area contributed by atoms with Crippen molar-refractivity contribution in [3.63, 3.8) is 0 Å². The number of rotatable bonds is 6. The lowest BCUT2D eigenvalue weighted by Gasteiger charge is -2.21. The maximum atomic E-state index is 11.5. The van der Waals surface area contributed by atoms with E-state index in [0.717, 1.165) is 25.0 Å². The first-order chi connectivity index (χ1) is 14.1. The van der Waals surface area contributed by atoms with Crippen LogP contribution in [0.15, 0.2) is 66.7 Å². The minimum atomic E-state index is -0.330. The molecule has 150 valence electrons. The van der Waals surface area contributed by atoms with Gasteiger partial charge in [0.2, 0.25) is 0 Å². The van der Waals surface area contributed by atoms with Crippen LogP contribution in [0.5, 0.6) is 5.75 Å². The monoisotopic (exact) mass is 389 g/mol. The molecule has 0 spiro atoms. The van der Waals surface area contributed by atoms with E-state index in [-0.39, 0.29) is 18.1 Å². The van der Waals surface area contributed by atoms with Gasteiger partial charge in [-0.3, -0.25) is 0 Å². The van der Waals surface area contributed by atoms with Crippen molar-refractivity contribution >= 4 is 16.7 Å². The Bertz CT molecular complexity index is 978. The van der Waals surface area contributed by atoms with E-state index in [1.165, 1.54) is 23.4 Å². The van der Waals surface area contributed by atoms with Crippen molar-refractivity contribution < 1.29 is 14.3 Å². The molecule has 29 heavy (non-hydrogen) atoms. The molecule has 3 aromatic rings. The molecule has 4 rings (SSSR count). The van der Waals surface area contributed by atoms with E-state index in [0.29, 0.717) is 11.6 Å². The summed E-state index contributed by atoms with van der Waals surface area (Å²) in [5.41, 5.74) is 1.88. The molecule has 0 saturated heterocycles. The van der Waals surface area contributed by atoms with Crippen LogP contribution < -0.4 is 10.1 Å². The van der Waals surface area contributed by atoms with E-state index in [2.05, 4.69) is 54.7 Å². The van der Waals surface area contributed by atoms with E-state index < -0.39 is 0 Å². The maximum Gasteiger partial charge on any atom is 0.337 e. The highest BCUT2D eigenvalue weighted by molar-refractivity contribution is 5.89. The summed E-state index contributed by atoms with van der Waals surface area (Å²) in [7, 11) is 1.39. The van der Waals surface area contributed by atoms with Gasteiger partial charge in [-0.05, 0) is 66.8 Å². The Balaban J connectivity index is 1.35. The van der Waals surface area contributed by atoms with Crippen molar-refractivity contribution in [1.82, 2.24) is 5.32 Å². The van der Waals surface area contributed by atoms with Gasteiger partial charge in [0.05, 0.1) is 12.7 Å². The molecule has 0 aliphatic heterocycles. The van der Waals surface area contributed by atoms with Gasteiger partial charge in [-0.15, -0.1) is 0 Å². The van der Waals surface area contributed by atoms with Crippen LogP contribution in [-0.4, -0.2) is 25.2 Å². The second-order valence-electron chi connectivity index (χ2n) is 7.72. The number of esters is 1. The van der Waals surface area contributed by atoms with Crippen molar-refractivity contribution in [2.24, 2.45) is 0 Å². The number of hydrogen-bond acceptors (Lipinski definition) is 4. The largest absolute Gasteiger partial charge is 0.490 e. The van der Waals surface area contributed by atoms with Crippen LogP contribution >= 0.6 is 0 Å². The Kier molecular flexibility index (Phi) is 5.81. The molecule has 3 aromatic carbocycles. The van der Waals surface area contributed by atoms with E-state index >= 15 is 0 Å². The molecule has 1 aliphatic carbocycles. The fourth-order valence-electron chi connectivity index (χ4n) is 4.25. The molecular formula is C25H27NO3. The van der Waals surface area contributed by atoms with Gasteiger partial charge >= 0.3 is 5.97 Å². The average Bonchev–Trinajstić information content (AvgIpc) is 3.19. The van der Waals surface area contributed by atoms with Gasteiger partial charge in [-0.1, -0.05) is 42.5 Å². The Morgan fingerprint density at radius 2 is 1.76 bits per heavy atom. The molecule has 0 heterocycles. The van der Waals surface area contributed by atoms with E-state index in [9.17, 15) is 4.79 Å². The third kappa shape index (κ3) is 4.43. The first kappa shape index (κ1) is 19.5. The summed E-state index contributed by atoms with van der Waals surface area (Å²) in [4.78, 5) is 11.5. The highest BCUT2D eigenvalue weighted by Gasteiger charge is 2.27. The Labute approximate surface area is 171 Å². The zero-order chi connectivity index (χ0) is 20.2. The van der Waals surface area contributed by atoms with Gasteiger partial charge in [0.25, 0.3) is 0 Å². The predicted octanol–water partition coefficient (Wildman–Crippen LogP) is 5.28. The number of carbonyl (C=O) groups excluding carboxylic acids is 1. The quantitative estimate of drug-likeness (QED) is 0.583. The van der Waals surface area contributed by atoms with Gasteiger partial charge in [-0.2, -0.15) is 0 Å². The highest BCUT2D eigenvalue weighted by Crippen LogP contribution is 2.29. The normalized spacial score (nSPS) is 19.8. The molecule has 4 heteroatoms. The standard InChI is InChI=1S/C25H27NO3/c1-17(23-9-5-7-18-6-3-4-8-24(18)23)26-20-12-15-22(16-20)29-21-13-10-19(11-14-21)25(27)28-2/h3-11,13-14,17,20,22,26H,12,15-16H2,1-2H3. The molecule has 0 bridgehead atoms. The second-order valence-corrected chi connectivity index (χ2v) is 7.72.